The zero-order valence-electron chi connectivity index (χ0n) is 13.5. The number of rotatable bonds is 4. The molecular formula is C16H10F5N3O2S. The molecule has 0 fully saturated rings. The number of ether oxygens (including phenoxy) is 1. The van der Waals surface area contributed by atoms with Crippen LogP contribution in [-0.4, -0.2) is 28.9 Å². The maximum absolute atomic E-state index is 13.2. The first-order chi connectivity index (χ1) is 12.7. The smallest absolute Gasteiger partial charge is 0.417 e. The molecule has 27 heavy (non-hydrogen) atoms. The van der Waals surface area contributed by atoms with Gasteiger partial charge in [0.2, 0.25) is 0 Å². The first-order valence-corrected chi connectivity index (χ1v) is 8.10. The summed E-state index contributed by atoms with van der Waals surface area (Å²) in [6, 6.07) is 4.98. The van der Waals surface area contributed by atoms with Crippen molar-refractivity contribution in [2.24, 2.45) is 0 Å². The molecule has 0 N–H and O–H groups in total. The molecule has 3 rings (SSSR count). The molecule has 5 nitrogen and oxygen atoms in total. The van der Waals surface area contributed by atoms with E-state index in [-0.39, 0.29) is 17.0 Å². The Labute approximate surface area is 153 Å². The number of carbonyl (C=O) groups excluding carboxylic acids is 1. The number of halogens is 5. The lowest BCUT2D eigenvalue weighted by atomic mass is 10.1. The summed E-state index contributed by atoms with van der Waals surface area (Å²) in [6.07, 6.45) is -3.04. The number of fused-ring (bicyclic) bond motifs is 1. The average Bonchev–Trinajstić information content (AvgIpc) is 3.04. The number of nitrogens with zero attached hydrogens (tertiary/aromatic N) is 3. The lowest BCUT2D eigenvalue weighted by Gasteiger charge is -2.18. The normalized spacial score (nSPS) is 11.8. The zero-order chi connectivity index (χ0) is 19.8. The maximum atomic E-state index is 13.2. The Morgan fingerprint density at radius 3 is 2.67 bits per heavy atom. The topological polar surface area (TPSA) is 55.3 Å². The van der Waals surface area contributed by atoms with E-state index in [1.165, 1.54) is 19.2 Å². The molecule has 3 aromatic rings. The molecular weight excluding hydrogens is 393 g/mol. The van der Waals surface area contributed by atoms with Crippen LogP contribution in [0.25, 0.3) is 10.1 Å². The third-order valence-electron chi connectivity index (χ3n) is 3.64. The summed E-state index contributed by atoms with van der Waals surface area (Å²) in [6.45, 7) is -3.11. The fourth-order valence-corrected chi connectivity index (χ4v) is 3.28. The molecule has 142 valence electrons. The highest BCUT2D eigenvalue weighted by molar-refractivity contribution is 7.13. The van der Waals surface area contributed by atoms with Gasteiger partial charge in [0.05, 0.1) is 21.2 Å². The van der Waals surface area contributed by atoms with Gasteiger partial charge in [-0.2, -0.15) is 26.3 Å². The highest BCUT2D eigenvalue weighted by atomic mass is 32.1. The molecule has 0 saturated heterocycles. The van der Waals surface area contributed by atoms with Crippen LogP contribution in [0.4, 0.5) is 27.8 Å². The monoisotopic (exact) mass is 403 g/mol. The molecule has 0 aliphatic rings. The highest BCUT2D eigenvalue weighted by Gasteiger charge is 2.36. The minimum atomic E-state index is -4.76. The van der Waals surface area contributed by atoms with Crippen LogP contribution in [-0.2, 0) is 6.18 Å². The van der Waals surface area contributed by atoms with Crippen molar-refractivity contribution in [3.63, 3.8) is 0 Å². The van der Waals surface area contributed by atoms with Crippen molar-refractivity contribution in [3.8, 4) is 5.75 Å². The van der Waals surface area contributed by atoms with E-state index in [2.05, 4.69) is 14.1 Å². The van der Waals surface area contributed by atoms with E-state index < -0.39 is 29.8 Å². The number of amides is 1. The summed E-state index contributed by atoms with van der Waals surface area (Å²) in [7, 11) is 1.20. The van der Waals surface area contributed by atoms with Gasteiger partial charge >= 0.3 is 12.8 Å². The minimum Gasteiger partial charge on any atom is -0.434 e. The van der Waals surface area contributed by atoms with Gasteiger partial charge in [-0.05, 0) is 29.7 Å². The number of alkyl halides is 5. The number of carbonyl (C=O) groups is 1. The number of pyridine rings is 1. The quantitative estimate of drug-likeness (QED) is 0.598. The van der Waals surface area contributed by atoms with Crippen molar-refractivity contribution in [2.75, 3.05) is 11.9 Å². The maximum Gasteiger partial charge on any atom is 0.417 e. The zero-order valence-corrected chi connectivity index (χ0v) is 14.3. The predicted molar refractivity (Wildman–Crippen MR) is 88.2 cm³/mol. The van der Waals surface area contributed by atoms with Gasteiger partial charge in [0.25, 0.3) is 5.91 Å². The van der Waals surface area contributed by atoms with Crippen LogP contribution < -0.4 is 9.64 Å². The van der Waals surface area contributed by atoms with Gasteiger partial charge < -0.3 is 4.74 Å². The van der Waals surface area contributed by atoms with Crippen molar-refractivity contribution < 1.29 is 31.5 Å². The second-order valence-electron chi connectivity index (χ2n) is 5.30. The second-order valence-corrected chi connectivity index (χ2v) is 6.10. The number of anilines is 1. The Balaban J connectivity index is 2.07. The summed E-state index contributed by atoms with van der Waals surface area (Å²) < 4.78 is 73.7. The van der Waals surface area contributed by atoms with E-state index >= 15 is 0 Å². The summed E-state index contributed by atoms with van der Waals surface area (Å²) in [5.41, 5.74) is -1.83. The van der Waals surface area contributed by atoms with Crippen LogP contribution in [0.5, 0.6) is 5.75 Å². The van der Waals surface area contributed by atoms with Gasteiger partial charge in [-0.1, -0.05) is 6.07 Å². The second kappa shape index (κ2) is 7.06. The number of hydrogen-bond acceptors (Lipinski definition) is 5. The van der Waals surface area contributed by atoms with Gasteiger partial charge in [0.15, 0.2) is 5.82 Å². The molecule has 0 atom stereocenters. The van der Waals surface area contributed by atoms with Crippen molar-refractivity contribution in [1.82, 2.24) is 9.36 Å². The fourth-order valence-electron chi connectivity index (χ4n) is 2.46. The van der Waals surface area contributed by atoms with Gasteiger partial charge in [0, 0.05) is 19.4 Å². The summed E-state index contributed by atoms with van der Waals surface area (Å²) >= 11 is 0.899. The molecule has 11 heteroatoms. The van der Waals surface area contributed by atoms with Gasteiger partial charge in [-0.15, -0.1) is 0 Å². The Kier molecular flexibility index (Phi) is 4.96. The largest absolute Gasteiger partial charge is 0.434 e. The van der Waals surface area contributed by atoms with E-state index in [4.69, 9.17) is 0 Å². The van der Waals surface area contributed by atoms with E-state index in [0.29, 0.717) is 10.8 Å². The molecule has 0 aliphatic heterocycles. The number of benzene rings is 1. The summed E-state index contributed by atoms with van der Waals surface area (Å²) in [5.74, 6) is -1.35. The molecule has 0 spiro atoms. The summed E-state index contributed by atoms with van der Waals surface area (Å²) in [4.78, 5) is 17.1. The summed E-state index contributed by atoms with van der Waals surface area (Å²) in [5, 5.41) is 0.107. The Morgan fingerprint density at radius 2 is 2.00 bits per heavy atom. The molecule has 2 heterocycles. The molecule has 2 aromatic heterocycles. The van der Waals surface area contributed by atoms with Gasteiger partial charge in [-0.25, -0.2) is 0 Å². The van der Waals surface area contributed by atoms with Crippen LogP contribution in [0.1, 0.15) is 15.9 Å². The highest BCUT2D eigenvalue weighted by Crippen LogP contribution is 2.38. The molecule has 1 amide bonds. The molecule has 1 aromatic carbocycles. The van der Waals surface area contributed by atoms with Crippen LogP contribution in [0.3, 0.4) is 0 Å². The predicted octanol–water partition coefficient (Wildman–Crippen LogP) is 4.59. The van der Waals surface area contributed by atoms with Crippen molar-refractivity contribution in [3.05, 3.63) is 47.8 Å². The van der Waals surface area contributed by atoms with Crippen molar-refractivity contribution in [2.45, 2.75) is 12.8 Å². The minimum absolute atomic E-state index is 0.0896. The Morgan fingerprint density at radius 1 is 1.26 bits per heavy atom. The molecule has 0 unspecified atom stereocenters. The number of hydrogen-bond donors (Lipinski definition) is 0. The standard InChI is InChI=1S/C16H10F5N3O2S/c1-24(14(25)8-7-22-6-5-9(8)16(19,20)21)13-12-10(26-15(17)18)3-2-4-11(12)27-23-13/h2-7,15H,1H3. The van der Waals surface area contributed by atoms with Crippen LogP contribution in [0.2, 0.25) is 0 Å². The van der Waals surface area contributed by atoms with Crippen molar-refractivity contribution >= 4 is 33.3 Å². The average molecular weight is 403 g/mol. The van der Waals surface area contributed by atoms with Gasteiger partial charge in [-0.3, -0.25) is 14.7 Å². The molecule has 0 bridgehead atoms. The van der Waals surface area contributed by atoms with Crippen LogP contribution >= 0.6 is 11.5 Å². The van der Waals surface area contributed by atoms with E-state index in [1.54, 1.807) is 6.07 Å². The molecule has 0 saturated carbocycles. The third-order valence-corrected chi connectivity index (χ3v) is 4.44. The van der Waals surface area contributed by atoms with Crippen LogP contribution in [0.15, 0.2) is 36.7 Å². The molecule has 0 radical (unpaired) electrons. The van der Waals surface area contributed by atoms with Crippen molar-refractivity contribution in [1.29, 1.82) is 0 Å². The van der Waals surface area contributed by atoms with E-state index in [0.717, 1.165) is 28.8 Å². The first kappa shape index (κ1) is 19.0. The fraction of sp³-hybridized carbons (Fsp3) is 0.188. The number of aromatic nitrogens is 2. The lowest BCUT2D eigenvalue weighted by molar-refractivity contribution is -0.138. The first-order valence-electron chi connectivity index (χ1n) is 7.32. The van der Waals surface area contributed by atoms with E-state index in [9.17, 15) is 26.7 Å². The lowest BCUT2D eigenvalue weighted by Crippen LogP contribution is -2.29. The van der Waals surface area contributed by atoms with Gasteiger partial charge in [0.1, 0.15) is 5.75 Å². The third kappa shape index (κ3) is 3.68. The molecule has 0 aliphatic carbocycles. The van der Waals surface area contributed by atoms with E-state index in [1.807, 2.05) is 0 Å². The SMILES string of the molecule is CN(C(=O)c1cnccc1C(F)(F)F)c1nsc2cccc(OC(F)F)c12. The van der Waals surface area contributed by atoms with Crippen LogP contribution in [0, 0.1) is 0 Å². The Hall–Kier alpha value is -2.82. The Bertz CT molecular complexity index is 990.